The van der Waals surface area contributed by atoms with Crippen molar-refractivity contribution in [3.8, 4) is 0 Å². The van der Waals surface area contributed by atoms with E-state index in [0.29, 0.717) is 13.0 Å². The van der Waals surface area contributed by atoms with Crippen LogP contribution >= 0.6 is 0 Å². The van der Waals surface area contributed by atoms with E-state index in [1.54, 1.807) is 6.20 Å². The predicted octanol–water partition coefficient (Wildman–Crippen LogP) is -0.498. The van der Waals surface area contributed by atoms with Crippen LogP contribution in [-0.4, -0.2) is 29.8 Å². The molecule has 1 aliphatic heterocycles. The van der Waals surface area contributed by atoms with E-state index in [1.165, 1.54) is 0 Å². The lowest BCUT2D eigenvalue weighted by atomic mass is 10.0. The van der Waals surface area contributed by atoms with Gasteiger partial charge in [0.2, 0.25) is 10.0 Å². The van der Waals surface area contributed by atoms with Crippen molar-refractivity contribution in [3.05, 3.63) is 18.2 Å². The monoisotopic (exact) mass is 244 g/mol. The van der Waals surface area contributed by atoms with Gasteiger partial charge in [0.05, 0.1) is 11.3 Å². The highest BCUT2D eigenvalue weighted by Gasteiger charge is 2.29. The molecule has 1 aliphatic rings. The minimum atomic E-state index is -3.42. The second kappa shape index (κ2) is 4.15. The highest BCUT2D eigenvalue weighted by molar-refractivity contribution is 7.89. The van der Waals surface area contributed by atoms with Crippen LogP contribution in [0.5, 0.6) is 0 Å². The standard InChI is InChI=1S/C9H16N4O2S/c1-13-5-4-11-9(13)8-3-2-7(6-12-8)16(10,14)15/h4-5,7-8,12H,2-3,6H2,1H3,(H2,10,14,15). The van der Waals surface area contributed by atoms with Gasteiger partial charge in [-0.2, -0.15) is 0 Å². The highest BCUT2D eigenvalue weighted by Crippen LogP contribution is 2.23. The summed E-state index contributed by atoms with van der Waals surface area (Å²) in [5.41, 5.74) is 0. The predicted molar refractivity (Wildman–Crippen MR) is 60.1 cm³/mol. The number of nitrogens with two attached hydrogens (primary N) is 1. The Bertz CT molecular complexity index is 460. The largest absolute Gasteiger partial charge is 0.337 e. The Morgan fingerprint density at radius 2 is 2.31 bits per heavy atom. The minimum Gasteiger partial charge on any atom is -0.337 e. The Hall–Kier alpha value is -0.920. The Kier molecular flexibility index (Phi) is 3.00. The number of aryl methyl sites for hydroxylation is 1. The van der Waals surface area contributed by atoms with Crippen molar-refractivity contribution in [2.75, 3.05) is 6.54 Å². The quantitative estimate of drug-likeness (QED) is 0.734. The van der Waals surface area contributed by atoms with E-state index in [2.05, 4.69) is 10.3 Å². The molecule has 1 aromatic heterocycles. The number of rotatable bonds is 2. The van der Waals surface area contributed by atoms with E-state index in [-0.39, 0.29) is 6.04 Å². The number of imidazole rings is 1. The molecule has 2 rings (SSSR count). The first-order valence-electron chi connectivity index (χ1n) is 5.20. The van der Waals surface area contributed by atoms with Gasteiger partial charge in [-0.1, -0.05) is 0 Å². The molecule has 2 unspecified atom stereocenters. The van der Waals surface area contributed by atoms with E-state index in [4.69, 9.17) is 5.14 Å². The van der Waals surface area contributed by atoms with Crippen LogP contribution in [-0.2, 0) is 17.1 Å². The molecular formula is C9H16N4O2S. The number of hydrogen-bond acceptors (Lipinski definition) is 4. The van der Waals surface area contributed by atoms with Crippen molar-refractivity contribution >= 4 is 10.0 Å². The lowest BCUT2D eigenvalue weighted by Gasteiger charge is -2.28. The van der Waals surface area contributed by atoms with Crippen LogP contribution in [0.2, 0.25) is 0 Å². The summed E-state index contributed by atoms with van der Waals surface area (Å²) < 4.78 is 24.3. The number of aromatic nitrogens is 2. The number of sulfonamides is 1. The van der Waals surface area contributed by atoms with E-state index in [9.17, 15) is 8.42 Å². The normalized spacial score (nSPS) is 26.9. The highest BCUT2D eigenvalue weighted by atomic mass is 32.2. The molecule has 0 saturated carbocycles. The molecule has 0 aromatic carbocycles. The van der Waals surface area contributed by atoms with Crippen molar-refractivity contribution in [2.24, 2.45) is 12.2 Å². The number of nitrogens with one attached hydrogen (secondary N) is 1. The van der Waals surface area contributed by atoms with Gasteiger partial charge in [-0.25, -0.2) is 18.5 Å². The summed E-state index contributed by atoms with van der Waals surface area (Å²) in [6.07, 6.45) is 4.95. The lowest BCUT2D eigenvalue weighted by Crippen LogP contribution is -2.43. The summed E-state index contributed by atoms with van der Waals surface area (Å²) in [5, 5.41) is 7.82. The van der Waals surface area contributed by atoms with Crippen molar-refractivity contribution in [3.63, 3.8) is 0 Å². The van der Waals surface area contributed by atoms with Gasteiger partial charge in [-0.05, 0) is 12.8 Å². The average Bonchev–Trinajstić information content (AvgIpc) is 2.63. The average molecular weight is 244 g/mol. The second-order valence-electron chi connectivity index (χ2n) is 4.15. The lowest BCUT2D eigenvalue weighted by molar-refractivity contribution is 0.388. The molecule has 0 aliphatic carbocycles. The molecule has 0 radical (unpaired) electrons. The Morgan fingerprint density at radius 3 is 2.75 bits per heavy atom. The number of primary sulfonamides is 1. The topological polar surface area (TPSA) is 90.0 Å². The van der Waals surface area contributed by atoms with E-state index >= 15 is 0 Å². The Labute approximate surface area is 94.9 Å². The maximum Gasteiger partial charge on any atom is 0.213 e. The van der Waals surface area contributed by atoms with Crippen molar-refractivity contribution < 1.29 is 8.42 Å². The Morgan fingerprint density at radius 1 is 1.56 bits per heavy atom. The van der Waals surface area contributed by atoms with Crippen molar-refractivity contribution in [1.82, 2.24) is 14.9 Å². The molecule has 0 bridgehead atoms. The first-order chi connectivity index (χ1) is 7.48. The Balaban J connectivity index is 2.04. The molecular weight excluding hydrogens is 228 g/mol. The van der Waals surface area contributed by atoms with Crippen molar-refractivity contribution in [2.45, 2.75) is 24.1 Å². The second-order valence-corrected chi connectivity index (χ2v) is 5.99. The van der Waals surface area contributed by atoms with E-state index < -0.39 is 15.3 Å². The third kappa shape index (κ3) is 2.26. The van der Waals surface area contributed by atoms with Gasteiger partial charge in [-0.3, -0.25) is 0 Å². The molecule has 1 aromatic rings. The van der Waals surface area contributed by atoms with Crippen LogP contribution in [0.4, 0.5) is 0 Å². The summed E-state index contributed by atoms with van der Waals surface area (Å²) in [6.45, 7) is 0.399. The van der Waals surface area contributed by atoms with Gasteiger partial charge in [0.1, 0.15) is 5.82 Å². The molecule has 6 nitrogen and oxygen atoms in total. The van der Waals surface area contributed by atoms with Gasteiger partial charge < -0.3 is 9.88 Å². The number of hydrogen-bond donors (Lipinski definition) is 2. The van der Waals surface area contributed by atoms with Crippen molar-refractivity contribution in [1.29, 1.82) is 0 Å². The van der Waals surface area contributed by atoms with Crippen LogP contribution < -0.4 is 10.5 Å². The SMILES string of the molecule is Cn1ccnc1C1CCC(S(N)(=O)=O)CN1. The van der Waals surface area contributed by atoms with E-state index in [0.717, 1.165) is 12.2 Å². The zero-order valence-corrected chi connectivity index (χ0v) is 9.94. The summed E-state index contributed by atoms with van der Waals surface area (Å²) >= 11 is 0. The first-order valence-corrected chi connectivity index (χ1v) is 6.81. The van der Waals surface area contributed by atoms with Gasteiger partial charge in [-0.15, -0.1) is 0 Å². The summed E-state index contributed by atoms with van der Waals surface area (Å²) in [4.78, 5) is 4.25. The molecule has 1 saturated heterocycles. The molecule has 2 atom stereocenters. The van der Waals surface area contributed by atoms with E-state index in [1.807, 2.05) is 17.8 Å². The van der Waals surface area contributed by atoms with Crippen LogP contribution in [0, 0.1) is 0 Å². The molecule has 3 N–H and O–H groups in total. The maximum atomic E-state index is 11.2. The maximum absolute atomic E-state index is 11.2. The smallest absolute Gasteiger partial charge is 0.213 e. The van der Waals surface area contributed by atoms with Crippen LogP contribution in [0.1, 0.15) is 24.7 Å². The summed E-state index contributed by atoms with van der Waals surface area (Å²) in [6, 6.07) is 0.123. The van der Waals surface area contributed by atoms with Crippen LogP contribution in [0.3, 0.4) is 0 Å². The third-order valence-corrected chi connectivity index (χ3v) is 4.34. The van der Waals surface area contributed by atoms with Crippen LogP contribution in [0.15, 0.2) is 12.4 Å². The molecule has 16 heavy (non-hydrogen) atoms. The molecule has 0 spiro atoms. The van der Waals surface area contributed by atoms with Gasteiger partial charge in [0.15, 0.2) is 0 Å². The fourth-order valence-electron chi connectivity index (χ4n) is 2.04. The third-order valence-electron chi connectivity index (χ3n) is 3.00. The summed E-state index contributed by atoms with van der Waals surface area (Å²) in [5.74, 6) is 0.938. The fraction of sp³-hybridized carbons (Fsp3) is 0.667. The van der Waals surface area contributed by atoms with Crippen LogP contribution in [0.25, 0.3) is 0 Å². The van der Waals surface area contributed by atoms with Gasteiger partial charge in [0, 0.05) is 26.0 Å². The minimum absolute atomic E-state index is 0.123. The number of piperidine rings is 1. The first kappa shape index (κ1) is 11.6. The van der Waals surface area contributed by atoms with Gasteiger partial charge in [0.25, 0.3) is 0 Å². The van der Waals surface area contributed by atoms with Gasteiger partial charge >= 0.3 is 0 Å². The molecule has 2 heterocycles. The molecule has 7 heteroatoms. The number of nitrogens with zero attached hydrogens (tertiary/aromatic N) is 2. The molecule has 1 fully saturated rings. The fourth-order valence-corrected chi connectivity index (χ4v) is 2.84. The molecule has 0 amide bonds. The zero-order valence-electron chi connectivity index (χ0n) is 9.13. The summed E-state index contributed by atoms with van der Waals surface area (Å²) in [7, 11) is -1.49. The molecule has 90 valence electrons. The zero-order chi connectivity index (χ0) is 11.8.